The van der Waals surface area contributed by atoms with Crippen LogP contribution in [0, 0.1) is 5.41 Å². The number of esters is 1. The van der Waals surface area contributed by atoms with E-state index < -0.39 is 0 Å². The molecular weight excluding hydrogens is 232 g/mol. The van der Waals surface area contributed by atoms with E-state index in [2.05, 4.69) is 15.0 Å². The Labute approximate surface area is 106 Å². The van der Waals surface area contributed by atoms with Crippen LogP contribution in [0.15, 0.2) is 18.3 Å². The summed E-state index contributed by atoms with van der Waals surface area (Å²) in [5.41, 5.74) is 0.288. The number of hydrogen-bond acceptors (Lipinski definition) is 5. The number of hydrogen-bond donors (Lipinski definition) is 2. The van der Waals surface area contributed by atoms with Crippen molar-refractivity contribution in [3.05, 3.63) is 23.9 Å². The van der Waals surface area contributed by atoms with E-state index in [1.165, 1.54) is 7.11 Å². The van der Waals surface area contributed by atoms with E-state index in [1.54, 1.807) is 18.3 Å². The van der Waals surface area contributed by atoms with E-state index in [4.69, 9.17) is 0 Å². The molecule has 98 valence electrons. The molecule has 0 radical (unpaired) electrons. The number of nitrogens with one attached hydrogen (secondary N) is 1. The fraction of sp³-hybridized carbons (Fsp3) is 0.538. The van der Waals surface area contributed by atoms with Crippen molar-refractivity contribution in [2.45, 2.75) is 32.4 Å². The number of rotatable bonds is 3. The lowest BCUT2D eigenvalue weighted by Gasteiger charge is -2.49. The van der Waals surface area contributed by atoms with Crippen molar-refractivity contribution in [1.82, 2.24) is 4.98 Å². The van der Waals surface area contributed by atoms with Gasteiger partial charge in [0, 0.05) is 17.7 Å². The summed E-state index contributed by atoms with van der Waals surface area (Å²) >= 11 is 0. The van der Waals surface area contributed by atoms with Crippen LogP contribution in [0.2, 0.25) is 0 Å². The number of carbonyl (C=O) groups excluding carboxylic acids is 1. The van der Waals surface area contributed by atoms with Crippen LogP contribution < -0.4 is 5.32 Å². The minimum atomic E-state index is -0.381. The molecule has 1 heterocycles. The summed E-state index contributed by atoms with van der Waals surface area (Å²) in [6, 6.07) is 3.43. The number of aromatic nitrogens is 1. The van der Waals surface area contributed by atoms with Crippen LogP contribution in [0.5, 0.6) is 0 Å². The van der Waals surface area contributed by atoms with Crippen LogP contribution >= 0.6 is 0 Å². The van der Waals surface area contributed by atoms with Crippen molar-refractivity contribution in [2.75, 3.05) is 12.4 Å². The molecule has 0 spiro atoms. The number of methoxy groups -OCH3 is 1. The standard InChI is InChI=1S/C13H18N2O3/c1-13(2)9(7-10(13)16)15-11-6-8(4-5-14-11)12(17)18-3/h4-6,9-10,16H,7H2,1-3H3,(H,14,15). The van der Waals surface area contributed by atoms with Gasteiger partial charge in [-0.1, -0.05) is 13.8 Å². The van der Waals surface area contributed by atoms with E-state index in [0.29, 0.717) is 17.8 Å². The van der Waals surface area contributed by atoms with Gasteiger partial charge in [-0.15, -0.1) is 0 Å². The summed E-state index contributed by atoms with van der Waals surface area (Å²) < 4.78 is 4.66. The first-order valence-electron chi connectivity index (χ1n) is 5.94. The summed E-state index contributed by atoms with van der Waals surface area (Å²) in [6.07, 6.45) is 1.96. The molecular formula is C13H18N2O3. The Balaban J connectivity index is 2.09. The highest BCUT2D eigenvalue weighted by Crippen LogP contribution is 2.41. The maximum absolute atomic E-state index is 11.4. The fourth-order valence-electron chi connectivity index (χ4n) is 2.08. The summed E-state index contributed by atoms with van der Waals surface area (Å²) in [6.45, 7) is 4.01. The Morgan fingerprint density at radius 3 is 2.89 bits per heavy atom. The predicted molar refractivity (Wildman–Crippen MR) is 67.4 cm³/mol. The average molecular weight is 250 g/mol. The first-order chi connectivity index (χ1) is 8.45. The molecule has 1 aromatic heterocycles. The van der Waals surface area contributed by atoms with E-state index in [1.807, 2.05) is 13.8 Å². The molecule has 1 aromatic rings. The first-order valence-corrected chi connectivity index (χ1v) is 5.94. The second-order valence-corrected chi connectivity index (χ2v) is 5.19. The molecule has 5 heteroatoms. The van der Waals surface area contributed by atoms with Gasteiger partial charge < -0.3 is 15.2 Å². The summed E-state index contributed by atoms with van der Waals surface area (Å²) in [5, 5.41) is 12.9. The third-order valence-corrected chi connectivity index (χ3v) is 3.72. The number of aliphatic hydroxyl groups excluding tert-OH is 1. The monoisotopic (exact) mass is 250 g/mol. The Bertz CT molecular complexity index is 459. The van der Waals surface area contributed by atoms with Crippen LogP contribution in [-0.4, -0.2) is 35.3 Å². The molecule has 5 nitrogen and oxygen atoms in total. The van der Waals surface area contributed by atoms with Crippen LogP contribution in [-0.2, 0) is 4.74 Å². The quantitative estimate of drug-likeness (QED) is 0.794. The van der Waals surface area contributed by atoms with Gasteiger partial charge in [-0.3, -0.25) is 0 Å². The maximum atomic E-state index is 11.4. The molecule has 0 bridgehead atoms. The number of ether oxygens (including phenoxy) is 1. The molecule has 1 fully saturated rings. The molecule has 0 saturated heterocycles. The van der Waals surface area contributed by atoms with E-state index in [0.717, 1.165) is 0 Å². The number of pyridine rings is 1. The van der Waals surface area contributed by atoms with Gasteiger partial charge in [0.1, 0.15) is 5.82 Å². The van der Waals surface area contributed by atoms with Gasteiger partial charge in [0.2, 0.25) is 0 Å². The number of carbonyl (C=O) groups is 1. The second-order valence-electron chi connectivity index (χ2n) is 5.19. The molecule has 2 N–H and O–H groups in total. The first kappa shape index (κ1) is 12.8. The predicted octanol–water partition coefficient (Wildman–Crippen LogP) is 1.44. The van der Waals surface area contributed by atoms with E-state index >= 15 is 0 Å². The molecule has 0 aliphatic heterocycles. The summed E-state index contributed by atoms with van der Waals surface area (Å²) in [5.74, 6) is 0.247. The number of anilines is 1. The van der Waals surface area contributed by atoms with Crippen LogP contribution in [0.4, 0.5) is 5.82 Å². The topological polar surface area (TPSA) is 71.5 Å². The van der Waals surface area contributed by atoms with Crippen LogP contribution in [0.1, 0.15) is 30.6 Å². The molecule has 2 rings (SSSR count). The Morgan fingerprint density at radius 1 is 1.61 bits per heavy atom. The molecule has 18 heavy (non-hydrogen) atoms. The zero-order chi connectivity index (χ0) is 13.3. The lowest BCUT2D eigenvalue weighted by atomic mass is 9.64. The Hall–Kier alpha value is -1.62. The van der Waals surface area contributed by atoms with Crippen molar-refractivity contribution in [2.24, 2.45) is 5.41 Å². The lowest BCUT2D eigenvalue weighted by Crippen LogP contribution is -2.57. The zero-order valence-corrected chi connectivity index (χ0v) is 10.8. The van der Waals surface area contributed by atoms with Crippen molar-refractivity contribution in [3.63, 3.8) is 0 Å². The van der Waals surface area contributed by atoms with Gasteiger partial charge in [-0.2, -0.15) is 0 Å². The minimum Gasteiger partial charge on any atom is -0.465 e. The molecule has 2 atom stereocenters. The molecule has 1 aliphatic rings. The van der Waals surface area contributed by atoms with Gasteiger partial charge in [0.05, 0.1) is 18.8 Å². The zero-order valence-electron chi connectivity index (χ0n) is 10.8. The third-order valence-electron chi connectivity index (χ3n) is 3.72. The largest absolute Gasteiger partial charge is 0.465 e. The molecule has 0 aromatic carbocycles. The van der Waals surface area contributed by atoms with Crippen molar-refractivity contribution < 1.29 is 14.6 Å². The van der Waals surface area contributed by atoms with Gasteiger partial charge in [-0.25, -0.2) is 9.78 Å². The highest BCUT2D eigenvalue weighted by atomic mass is 16.5. The molecule has 1 aliphatic carbocycles. The highest BCUT2D eigenvalue weighted by molar-refractivity contribution is 5.90. The number of aliphatic hydroxyl groups is 1. The van der Waals surface area contributed by atoms with Crippen molar-refractivity contribution in [3.8, 4) is 0 Å². The van der Waals surface area contributed by atoms with Gasteiger partial charge in [-0.05, 0) is 18.6 Å². The van der Waals surface area contributed by atoms with Crippen LogP contribution in [0.3, 0.4) is 0 Å². The summed E-state index contributed by atoms with van der Waals surface area (Å²) in [7, 11) is 1.35. The van der Waals surface area contributed by atoms with Crippen molar-refractivity contribution in [1.29, 1.82) is 0 Å². The van der Waals surface area contributed by atoms with Gasteiger partial charge >= 0.3 is 5.97 Å². The van der Waals surface area contributed by atoms with Crippen LogP contribution in [0.25, 0.3) is 0 Å². The van der Waals surface area contributed by atoms with Crippen molar-refractivity contribution >= 4 is 11.8 Å². The normalized spacial score (nSPS) is 25.1. The molecule has 2 unspecified atom stereocenters. The fourth-order valence-corrected chi connectivity index (χ4v) is 2.08. The van der Waals surface area contributed by atoms with E-state index in [9.17, 15) is 9.90 Å². The van der Waals surface area contributed by atoms with Gasteiger partial charge in [0.25, 0.3) is 0 Å². The minimum absolute atomic E-state index is 0.160. The molecule has 1 saturated carbocycles. The smallest absolute Gasteiger partial charge is 0.338 e. The SMILES string of the molecule is COC(=O)c1ccnc(NC2CC(O)C2(C)C)c1. The Morgan fingerprint density at radius 2 is 2.33 bits per heavy atom. The number of nitrogens with zero attached hydrogens (tertiary/aromatic N) is 1. The second kappa shape index (κ2) is 4.57. The summed E-state index contributed by atoms with van der Waals surface area (Å²) in [4.78, 5) is 15.6. The molecule has 0 amide bonds. The average Bonchev–Trinajstić information content (AvgIpc) is 2.38. The lowest BCUT2D eigenvalue weighted by molar-refractivity contribution is -0.0511. The maximum Gasteiger partial charge on any atom is 0.338 e. The van der Waals surface area contributed by atoms with E-state index in [-0.39, 0.29) is 23.5 Å². The van der Waals surface area contributed by atoms with Gasteiger partial charge in [0.15, 0.2) is 0 Å². The third kappa shape index (κ3) is 2.18. The highest BCUT2D eigenvalue weighted by Gasteiger charge is 2.47. The Kier molecular flexibility index (Phi) is 3.26.